The Labute approximate surface area is 105 Å². The third-order valence-electron chi connectivity index (χ3n) is 3.03. The maximum absolute atomic E-state index is 11.9. The first kappa shape index (κ1) is 14.3. The van der Waals surface area contributed by atoms with E-state index in [-0.39, 0.29) is 12.1 Å². The number of nitrogens with one attached hydrogen (secondary N) is 1. The minimum atomic E-state index is 0.0725. The molecule has 2 amide bonds. The van der Waals surface area contributed by atoms with E-state index in [1.807, 2.05) is 4.90 Å². The number of ether oxygens (including phenoxy) is 1. The Morgan fingerprint density at radius 1 is 1.41 bits per heavy atom. The molecule has 1 fully saturated rings. The maximum atomic E-state index is 11.9. The summed E-state index contributed by atoms with van der Waals surface area (Å²) < 4.78 is 5.72. The first-order valence-corrected chi connectivity index (χ1v) is 6.92. The molecular formula is C13H26N2O2. The summed E-state index contributed by atoms with van der Waals surface area (Å²) in [6.07, 6.45) is 5.58. The van der Waals surface area contributed by atoms with Gasteiger partial charge in [-0.25, -0.2) is 4.79 Å². The molecule has 1 aliphatic heterocycles. The molecule has 1 rings (SSSR count). The highest BCUT2D eigenvalue weighted by Crippen LogP contribution is 2.13. The number of piperidine rings is 1. The number of amides is 2. The fourth-order valence-corrected chi connectivity index (χ4v) is 2.03. The van der Waals surface area contributed by atoms with Crippen LogP contribution in [-0.4, -0.2) is 43.3 Å². The van der Waals surface area contributed by atoms with E-state index in [0.29, 0.717) is 0 Å². The van der Waals surface area contributed by atoms with Gasteiger partial charge >= 0.3 is 6.03 Å². The molecule has 0 bridgehead atoms. The van der Waals surface area contributed by atoms with Crippen molar-refractivity contribution in [3.05, 3.63) is 0 Å². The molecule has 1 saturated heterocycles. The zero-order chi connectivity index (χ0) is 12.5. The minimum absolute atomic E-state index is 0.0725. The van der Waals surface area contributed by atoms with Gasteiger partial charge in [0.15, 0.2) is 0 Å². The van der Waals surface area contributed by atoms with Gasteiger partial charge in [-0.3, -0.25) is 0 Å². The van der Waals surface area contributed by atoms with Crippen molar-refractivity contribution in [1.29, 1.82) is 0 Å². The molecule has 1 atom stereocenters. The molecule has 0 aliphatic carbocycles. The fourth-order valence-electron chi connectivity index (χ4n) is 2.03. The van der Waals surface area contributed by atoms with Crippen molar-refractivity contribution in [2.45, 2.75) is 52.1 Å². The molecule has 0 radical (unpaired) electrons. The van der Waals surface area contributed by atoms with Crippen LogP contribution in [0.3, 0.4) is 0 Å². The first-order valence-electron chi connectivity index (χ1n) is 6.92. The standard InChI is InChI=1S/C13H26N2O2/c1-3-5-8-14-13(16)15-9-6-7-12(11-15)17-10-4-2/h12H,3-11H2,1-2H3,(H,14,16). The summed E-state index contributed by atoms with van der Waals surface area (Å²) in [7, 11) is 0. The molecule has 0 saturated carbocycles. The second-order valence-electron chi connectivity index (χ2n) is 4.67. The van der Waals surface area contributed by atoms with Crippen LogP contribution in [0.1, 0.15) is 46.0 Å². The number of unbranched alkanes of at least 4 members (excludes halogenated alkanes) is 1. The van der Waals surface area contributed by atoms with E-state index in [9.17, 15) is 4.79 Å². The Kier molecular flexibility index (Phi) is 7.01. The van der Waals surface area contributed by atoms with Crippen molar-refractivity contribution in [1.82, 2.24) is 10.2 Å². The van der Waals surface area contributed by atoms with Gasteiger partial charge in [-0.1, -0.05) is 20.3 Å². The summed E-state index contributed by atoms with van der Waals surface area (Å²) in [6.45, 7) is 7.43. The lowest BCUT2D eigenvalue weighted by Crippen LogP contribution is -2.48. The van der Waals surface area contributed by atoms with Crippen LogP contribution in [0.2, 0.25) is 0 Å². The third kappa shape index (κ3) is 5.39. The van der Waals surface area contributed by atoms with Gasteiger partial charge in [-0.2, -0.15) is 0 Å². The molecular weight excluding hydrogens is 216 g/mol. The summed E-state index contributed by atoms with van der Waals surface area (Å²) in [4.78, 5) is 13.7. The number of carbonyl (C=O) groups excluding carboxylic acids is 1. The Morgan fingerprint density at radius 2 is 2.24 bits per heavy atom. The summed E-state index contributed by atoms with van der Waals surface area (Å²) in [5.74, 6) is 0. The van der Waals surface area contributed by atoms with Crippen LogP contribution >= 0.6 is 0 Å². The summed E-state index contributed by atoms with van der Waals surface area (Å²) in [5.41, 5.74) is 0. The lowest BCUT2D eigenvalue weighted by atomic mass is 10.1. The van der Waals surface area contributed by atoms with Crippen LogP contribution in [0.25, 0.3) is 0 Å². The average Bonchev–Trinajstić information content (AvgIpc) is 2.37. The van der Waals surface area contributed by atoms with E-state index in [1.165, 1.54) is 0 Å². The van der Waals surface area contributed by atoms with Crippen molar-refractivity contribution in [3.63, 3.8) is 0 Å². The number of hydrogen-bond donors (Lipinski definition) is 1. The summed E-state index contributed by atoms with van der Waals surface area (Å²) in [5, 5.41) is 2.96. The highest BCUT2D eigenvalue weighted by Gasteiger charge is 2.23. The Hall–Kier alpha value is -0.770. The quantitative estimate of drug-likeness (QED) is 0.727. The van der Waals surface area contributed by atoms with Gasteiger partial charge in [0.2, 0.25) is 0 Å². The smallest absolute Gasteiger partial charge is 0.317 e. The van der Waals surface area contributed by atoms with E-state index in [2.05, 4.69) is 19.2 Å². The molecule has 1 aliphatic rings. The molecule has 0 aromatic carbocycles. The van der Waals surface area contributed by atoms with E-state index in [1.54, 1.807) is 0 Å². The topological polar surface area (TPSA) is 41.6 Å². The van der Waals surface area contributed by atoms with Crippen molar-refractivity contribution in [2.24, 2.45) is 0 Å². The number of urea groups is 1. The monoisotopic (exact) mass is 242 g/mol. The largest absolute Gasteiger partial charge is 0.376 e. The van der Waals surface area contributed by atoms with Crippen molar-refractivity contribution >= 4 is 6.03 Å². The lowest BCUT2D eigenvalue weighted by Gasteiger charge is -2.32. The van der Waals surface area contributed by atoms with Crippen LogP contribution in [0.5, 0.6) is 0 Å². The zero-order valence-corrected chi connectivity index (χ0v) is 11.2. The fraction of sp³-hybridized carbons (Fsp3) is 0.923. The Balaban J connectivity index is 2.25. The van der Waals surface area contributed by atoms with Gasteiger partial charge in [0, 0.05) is 26.2 Å². The van der Waals surface area contributed by atoms with Crippen LogP contribution in [-0.2, 0) is 4.74 Å². The zero-order valence-electron chi connectivity index (χ0n) is 11.2. The van der Waals surface area contributed by atoms with Gasteiger partial charge in [-0.15, -0.1) is 0 Å². The molecule has 100 valence electrons. The first-order chi connectivity index (χ1) is 8.27. The van der Waals surface area contributed by atoms with Gasteiger partial charge in [0.25, 0.3) is 0 Å². The van der Waals surface area contributed by atoms with Gasteiger partial charge < -0.3 is 15.0 Å². The molecule has 0 aromatic heterocycles. The number of carbonyl (C=O) groups is 1. The Bertz CT molecular complexity index is 221. The molecule has 1 unspecified atom stereocenters. The summed E-state index contributed by atoms with van der Waals surface area (Å²) >= 11 is 0. The predicted octanol–water partition coefficient (Wildman–Crippen LogP) is 2.39. The molecule has 17 heavy (non-hydrogen) atoms. The van der Waals surface area contributed by atoms with Crippen molar-refractivity contribution < 1.29 is 9.53 Å². The molecule has 4 heteroatoms. The molecule has 0 spiro atoms. The van der Waals surface area contributed by atoms with Crippen LogP contribution in [0.15, 0.2) is 0 Å². The number of likely N-dealkylation sites (tertiary alicyclic amines) is 1. The average molecular weight is 242 g/mol. The normalized spacial score (nSPS) is 20.4. The molecule has 4 nitrogen and oxygen atoms in total. The second kappa shape index (κ2) is 8.34. The van der Waals surface area contributed by atoms with Gasteiger partial charge in [-0.05, 0) is 25.7 Å². The minimum Gasteiger partial charge on any atom is -0.376 e. The van der Waals surface area contributed by atoms with Gasteiger partial charge in [0.1, 0.15) is 0 Å². The summed E-state index contributed by atoms with van der Waals surface area (Å²) in [6, 6.07) is 0.0725. The lowest BCUT2D eigenvalue weighted by molar-refractivity contribution is 0.0101. The van der Waals surface area contributed by atoms with Crippen LogP contribution in [0, 0.1) is 0 Å². The van der Waals surface area contributed by atoms with E-state index in [4.69, 9.17) is 4.74 Å². The van der Waals surface area contributed by atoms with Crippen molar-refractivity contribution in [2.75, 3.05) is 26.2 Å². The van der Waals surface area contributed by atoms with E-state index < -0.39 is 0 Å². The SMILES string of the molecule is CCCCNC(=O)N1CCCC(OCCC)C1. The highest BCUT2D eigenvalue weighted by atomic mass is 16.5. The van der Waals surface area contributed by atoms with Gasteiger partial charge in [0.05, 0.1) is 6.10 Å². The van der Waals surface area contributed by atoms with Crippen molar-refractivity contribution in [3.8, 4) is 0 Å². The maximum Gasteiger partial charge on any atom is 0.317 e. The molecule has 1 N–H and O–H groups in total. The Morgan fingerprint density at radius 3 is 2.94 bits per heavy atom. The second-order valence-corrected chi connectivity index (χ2v) is 4.67. The van der Waals surface area contributed by atoms with Crippen LogP contribution in [0.4, 0.5) is 4.79 Å². The van der Waals surface area contributed by atoms with Crippen LogP contribution < -0.4 is 5.32 Å². The number of nitrogens with zero attached hydrogens (tertiary/aromatic N) is 1. The van der Waals surface area contributed by atoms with E-state index in [0.717, 1.165) is 58.3 Å². The highest BCUT2D eigenvalue weighted by molar-refractivity contribution is 5.74. The number of rotatable bonds is 6. The molecule has 0 aromatic rings. The molecule has 1 heterocycles. The van der Waals surface area contributed by atoms with E-state index >= 15 is 0 Å². The number of hydrogen-bond acceptors (Lipinski definition) is 2. The third-order valence-corrected chi connectivity index (χ3v) is 3.03. The predicted molar refractivity (Wildman–Crippen MR) is 69.1 cm³/mol.